The first-order valence-electron chi connectivity index (χ1n) is 11.1. The first kappa shape index (κ1) is 22.7. The maximum atomic E-state index is 13.6. The van der Waals surface area contributed by atoms with E-state index >= 15 is 0 Å². The van der Waals surface area contributed by atoms with Crippen molar-refractivity contribution in [1.82, 2.24) is 19.1 Å². The van der Waals surface area contributed by atoms with Crippen LogP contribution < -0.4 is 4.90 Å². The van der Waals surface area contributed by atoms with Crippen LogP contribution in [-0.2, 0) is 16.6 Å². The van der Waals surface area contributed by atoms with Crippen LogP contribution in [0.4, 0.5) is 5.69 Å². The lowest BCUT2D eigenvalue weighted by Crippen LogP contribution is -2.48. The molecule has 0 aliphatic carbocycles. The van der Waals surface area contributed by atoms with Crippen LogP contribution in [0.1, 0.15) is 28.8 Å². The van der Waals surface area contributed by atoms with Crippen molar-refractivity contribution >= 4 is 21.6 Å². The van der Waals surface area contributed by atoms with Crippen LogP contribution in [-0.4, -0.2) is 86.8 Å². The number of carbonyl (C=O) groups excluding carboxylic acids is 1. The maximum absolute atomic E-state index is 13.6. The normalized spacial score (nSPS) is 17.8. The van der Waals surface area contributed by atoms with Crippen LogP contribution in [0.25, 0.3) is 0 Å². The van der Waals surface area contributed by atoms with Crippen LogP contribution in [0.2, 0.25) is 0 Å². The smallest absolute Gasteiger partial charge is 0.256 e. The molecule has 2 saturated heterocycles. The first-order valence-corrected chi connectivity index (χ1v) is 12.5. The van der Waals surface area contributed by atoms with Gasteiger partial charge in [0, 0.05) is 78.0 Å². The minimum Gasteiger partial charge on any atom is -0.371 e. The number of anilines is 1. The van der Waals surface area contributed by atoms with Gasteiger partial charge in [-0.2, -0.15) is 0 Å². The molecule has 9 heteroatoms. The lowest BCUT2D eigenvalue weighted by molar-refractivity contribution is 0.0628. The van der Waals surface area contributed by atoms with E-state index in [-0.39, 0.29) is 10.8 Å². The van der Waals surface area contributed by atoms with Crippen molar-refractivity contribution in [3.63, 3.8) is 0 Å². The molecule has 2 fully saturated rings. The van der Waals surface area contributed by atoms with Crippen molar-refractivity contribution in [3.8, 4) is 0 Å². The topological polar surface area (TPSA) is 77.1 Å². The molecule has 4 rings (SSSR count). The zero-order valence-electron chi connectivity index (χ0n) is 18.8. The fourth-order valence-corrected chi connectivity index (χ4v) is 5.25. The molecule has 3 heterocycles. The lowest BCUT2D eigenvalue weighted by Gasteiger charge is -2.35. The van der Waals surface area contributed by atoms with Crippen molar-refractivity contribution in [3.05, 3.63) is 53.9 Å². The molecule has 1 aromatic carbocycles. The number of aromatic nitrogens is 1. The molecular weight excluding hydrogens is 426 g/mol. The molecule has 1 aromatic heterocycles. The number of pyridine rings is 1. The van der Waals surface area contributed by atoms with E-state index in [0.717, 1.165) is 56.8 Å². The van der Waals surface area contributed by atoms with Gasteiger partial charge in [0.2, 0.25) is 10.0 Å². The highest BCUT2D eigenvalue weighted by Crippen LogP contribution is 2.29. The summed E-state index contributed by atoms with van der Waals surface area (Å²) < 4.78 is 26.6. The summed E-state index contributed by atoms with van der Waals surface area (Å²) in [5.41, 5.74) is 2.48. The molecular formula is C23H31N5O3S. The van der Waals surface area contributed by atoms with Gasteiger partial charge in [0.05, 0.1) is 10.5 Å². The van der Waals surface area contributed by atoms with Gasteiger partial charge in [0.1, 0.15) is 0 Å². The largest absolute Gasteiger partial charge is 0.371 e. The van der Waals surface area contributed by atoms with Gasteiger partial charge in [-0.05, 0) is 42.7 Å². The molecule has 0 saturated carbocycles. The van der Waals surface area contributed by atoms with Crippen molar-refractivity contribution < 1.29 is 13.2 Å². The van der Waals surface area contributed by atoms with Gasteiger partial charge >= 0.3 is 0 Å². The van der Waals surface area contributed by atoms with E-state index in [1.54, 1.807) is 24.4 Å². The van der Waals surface area contributed by atoms with Gasteiger partial charge in [0.15, 0.2) is 0 Å². The molecule has 0 unspecified atom stereocenters. The summed E-state index contributed by atoms with van der Waals surface area (Å²) in [5.74, 6) is -0.0938. The zero-order valence-corrected chi connectivity index (χ0v) is 19.6. The molecule has 0 atom stereocenters. The van der Waals surface area contributed by atoms with Crippen molar-refractivity contribution in [2.75, 3.05) is 58.3 Å². The fourth-order valence-electron chi connectivity index (χ4n) is 4.32. The second-order valence-electron chi connectivity index (χ2n) is 8.59. The maximum Gasteiger partial charge on any atom is 0.256 e. The molecule has 0 bridgehead atoms. The van der Waals surface area contributed by atoms with Crippen LogP contribution in [0, 0.1) is 0 Å². The number of nitrogens with zero attached hydrogens (tertiary/aromatic N) is 5. The monoisotopic (exact) mass is 457 g/mol. The molecule has 8 nitrogen and oxygen atoms in total. The highest BCUT2D eigenvalue weighted by atomic mass is 32.2. The molecule has 2 aliphatic heterocycles. The number of rotatable bonds is 6. The van der Waals surface area contributed by atoms with E-state index in [1.807, 2.05) is 17.2 Å². The third kappa shape index (κ3) is 4.79. The van der Waals surface area contributed by atoms with Gasteiger partial charge in [-0.1, -0.05) is 6.07 Å². The van der Waals surface area contributed by atoms with E-state index in [1.165, 1.54) is 18.4 Å². The van der Waals surface area contributed by atoms with Crippen LogP contribution in [0.3, 0.4) is 0 Å². The van der Waals surface area contributed by atoms with Crippen LogP contribution in [0.15, 0.2) is 47.6 Å². The predicted molar refractivity (Wildman–Crippen MR) is 124 cm³/mol. The Labute approximate surface area is 190 Å². The van der Waals surface area contributed by atoms with Gasteiger partial charge in [-0.3, -0.25) is 14.7 Å². The number of amides is 1. The summed E-state index contributed by atoms with van der Waals surface area (Å²) in [6, 6.07) is 8.97. The molecule has 0 N–H and O–H groups in total. The highest BCUT2D eigenvalue weighted by molar-refractivity contribution is 7.89. The molecule has 0 radical (unpaired) electrons. The SMILES string of the molecule is CN(C)S(=O)(=O)c1ccc(N2CCCC2)c(C(=O)N2CCN(Cc3cccnc3)CC2)c1. The van der Waals surface area contributed by atoms with E-state index in [0.29, 0.717) is 18.7 Å². The molecule has 1 amide bonds. The molecule has 2 aromatic rings. The van der Waals surface area contributed by atoms with Crippen molar-refractivity contribution in [2.45, 2.75) is 24.3 Å². The average Bonchev–Trinajstić information content (AvgIpc) is 3.34. The summed E-state index contributed by atoms with van der Waals surface area (Å²) in [5, 5.41) is 0. The average molecular weight is 458 g/mol. The lowest BCUT2D eigenvalue weighted by atomic mass is 10.1. The predicted octanol–water partition coefficient (Wildman–Crippen LogP) is 1.89. The third-order valence-corrected chi connectivity index (χ3v) is 8.02. The first-order chi connectivity index (χ1) is 15.4. The summed E-state index contributed by atoms with van der Waals surface area (Å²) >= 11 is 0. The van der Waals surface area contributed by atoms with Gasteiger partial charge in [0.25, 0.3) is 5.91 Å². The molecule has 2 aliphatic rings. The van der Waals surface area contributed by atoms with Crippen LogP contribution >= 0.6 is 0 Å². The number of benzene rings is 1. The summed E-state index contributed by atoms with van der Waals surface area (Å²) in [6.07, 6.45) is 5.80. The van der Waals surface area contributed by atoms with Crippen LogP contribution in [0.5, 0.6) is 0 Å². The Morgan fingerprint density at radius 3 is 2.38 bits per heavy atom. The summed E-state index contributed by atoms with van der Waals surface area (Å²) in [4.78, 5) is 24.2. The van der Waals surface area contributed by atoms with Gasteiger partial charge < -0.3 is 9.80 Å². The Bertz CT molecular complexity index is 1040. The van der Waals surface area contributed by atoms with Crippen molar-refractivity contribution in [2.24, 2.45) is 0 Å². The second kappa shape index (κ2) is 9.56. The van der Waals surface area contributed by atoms with Gasteiger partial charge in [-0.15, -0.1) is 0 Å². The number of sulfonamides is 1. The highest BCUT2D eigenvalue weighted by Gasteiger charge is 2.28. The summed E-state index contributed by atoms with van der Waals surface area (Å²) in [7, 11) is -0.604. The zero-order chi connectivity index (χ0) is 22.7. The Kier molecular flexibility index (Phi) is 6.78. The van der Waals surface area contributed by atoms with E-state index in [4.69, 9.17) is 0 Å². The number of carbonyl (C=O) groups is 1. The molecule has 172 valence electrons. The molecule has 0 spiro atoms. The Balaban J connectivity index is 1.54. The minimum atomic E-state index is -3.62. The van der Waals surface area contributed by atoms with E-state index < -0.39 is 10.0 Å². The van der Waals surface area contributed by atoms with Gasteiger partial charge in [-0.25, -0.2) is 12.7 Å². The minimum absolute atomic E-state index is 0.0938. The van der Waals surface area contributed by atoms with Crippen molar-refractivity contribution in [1.29, 1.82) is 0 Å². The number of hydrogen-bond acceptors (Lipinski definition) is 6. The standard InChI is InChI=1S/C23H31N5O3S/c1-25(2)32(30,31)20-7-8-22(27-10-3-4-11-27)21(16-20)23(29)28-14-12-26(13-15-28)18-19-6-5-9-24-17-19/h5-9,16-17H,3-4,10-15,18H2,1-2H3. The Morgan fingerprint density at radius 2 is 1.75 bits per heavy atom. The van der Waals surface area contributed by atoms with E-state index in [9.17, 15) is 13.2 Å². The van der Waals surface area contributed by atoms with E-state index in [2.05, 4.69) is 20.9 Å². The fraction of sp³-hybridized carbons (Fsp3) is 0.478. The third-order valence-electron chi connectivity index (χ3n) is 6.21. The number of piperazine rings is 1. The molecule has 32 heavy (non-hydrogen) atoms. The Morgan fingerprint density at radius 1 is 1.03 bits per heavy atom. The second-order valence-corrected chi connectivity index (χ2v) is 10.7. The quantitative estimate of drug-likeness (QED) is 0.659. The Hall–Kier alpha value is -2.49. The summed E-state index contributed by atoms with van der Waals surface area (Å²) in [6.45, 7) is 5.36. The number of hydrogen-bond donors (Lipinski definition) is 0.